The van der Waals surface area contributed by atoms with Gasteiger partial charge in [-0.05, 0) is 37.6 Å². The van der Waals surface area contributed by atoms with Crippen LogP contribution in [0, 0.1) is 11.8 Å². The van der Waals surface area contributed by atoms with Gasteiger partial charge in [0.05, 0.1) is 0 Å². The maximum Gasteiger partial charge on any atom is 0.00718 e. The molecule has 0 saturated carbocycles. The van der Waals surface area contributed by atoms with Crippen LogP contribution in [0.5, 0.6) is 0 Å². The monoisotopic (exact) mass is 275 g/mol. The molecule has 0 amide bonds. The summed E-state index contributed by atoms with van der Waals surface area (Å²) in [5.41, 5.74) is 0. The third-order valence-corrected chi connectivity index (χ3v) is 4.41. The minimum Gasteiger partial charge on any atom is -0.303 e. The predicted molar refractivity (Wildman–Crippen MR) is 71.6 cm³/mol. The number of rotatable bonds is 7. The number of alkyl halides is 1. The van der Waals surface area contributed by atoms with Crippen LogP contribution in [0.1, 0.15) is 46.0 Å². The maximum atomic E-state index is 3.64. The van der Waals surface area contributed by atoms with Gasteiger partial charge in [-0.1, -0.05) is 42.6 Å². The second-order valence-electron chi connectivity index (χ2n) is 5.01. The smallest absolute Gasteiger partial charge is 0.00718 e. The van der Waals surface area contributed by atoms with E-state index in [-0.39, 0.29) is 0 Å². The number of halogens is 1. The first kappa shape index (κ1) is 13.5. The Morgan fingerprint density at radius 2 is 2.13 bits per heavy atom. The molecule has 0 aromatic rings. The number of hydrogen-bond acceptors (Lipinski definition) is 1. The van der Waals surface area contributed by atoms with E-state index in [2.05, 4.69) is 34.7 Å². The molecule has 1 rings (SSSR count). The van der Waals surface area contributed by atoms with Crippen LogP contribution in [-0.4, -0.2) is 29.9 Å². The fourth-order valence-corrected chi connectivity index (χ4v) is 3.24. The van der Waals surface area contributed by atoms with Crippen LogP contribution < -0.4 is 0 Å². The molecule has 0 aromatic heterocycles. The van der Waals surface area contributed by atoms with Crippen molar-refractivity contribution in [1.82, 2.24) is 4.90 Å². The molecular formula is C13H26BrN. The summed E-state index contributed by atoms with van der Waals surface area (Å²) in [5.74, 6) is 1.86. The molecule has 1 fully saturated rings. The number of nitrogens with zero attached hydrogens (tertiary/aromatic N) is 1. The van der Waals surface area contributed by atoms with Crippen LogP contribution in [0.25, 0.3) is 0 Å². The van der Waals surface area contributed by atoms with Gasteiger partial charge in [0, 0.05) is 18.4 Å². The average molecular weight is 276 g/mol. The highest BCUT2D eigenvalue weighted by molar-refractivity contribution is 9.09. The topological polar surface area (TPSA) is 3.24 Å². The van der Waals surface area contributed by atoms with Crippen molar-refractivity contribution in [3.63, 3.8) is 0 Å². The number of likely N-dealkylation sites (tertiary alicyclic amines) is 1. The Kier molecular flexibility index (Phi) is 6.91. The van der Waals surface area contributed by atoms with Crippen molar-refractivity contribution in [2.45, 2.75) is 46.0 Å². The molecule has 0 aliphatic carbocycles. The van der Waals surface area contributed by atoms with E-state index < -0.39 is 0 Å². The third kappa shape index (κ3) is 4.86. The Morgan fingerprint density at radius 3 is 2.73 bits per heavy atom. The molecule has 0 spiro atoms. The molecule has 1 aliphatic rings. The molecule has 2 atom stereocenters. The van der Waals surface area contributed by atoms with Crippen LogP contribution in [0.15, 0.2) is 0 Å². The molecule has 1 heterocycles. The second-order valence-corrected chi connectivity index (χ2v) is 5.66. The maximum absolute atomic E-state index is 3.64. The van der Waals surface area contributed by atoms with Crippen molar-refractivity contribution >= 4 is 15.9 Å². The summed E-state index contributed by atoms with van der Waals surface area (Å²) < 4.78 is 0. The van der Waals surface area contributed by atoms with Crippen molar-refractivity contribution in [2.75, 3.05) is 25.0 Å². The second kappa shape index (κ2) is 7.67. The van der Waals surface area contributed by atoms with E-state index in [1.54, 1.807) is 0 Å². The van der Waals surface area contributed by atoms with Gasteiger partial charge in [0.15, 0.2) is 0 Å². The summed E-state index contributed by atoms with van der Waals surface area (Å²) in [4.78, 5) is 2.68. The number of hydrogen-bond donors (Lipinski definition) is 0. The largest absolute Gasteiger partial charge is 0.303 e. The highest BCUT2D eigenvalue weighted by Crippen LogP contribution is 2.23. The lowest BCUT2D eigenvalue weighted by molar-refractivity contribution is 0.271. The van der Waals surface area contributed by atoms with E-state index in [4.69, 9.17) is 0 Å². The van der Waals surface area contributed by atoms with E-state index in [0.717, 1.165) is 11.8 Å². The van der Waals surface area contributed by atoms with Gasteiger partial charge in [-0.2, -0.15) is 0 Å². The van der Waals surface area contributed by atoms with Gasteiger partial charge in [0.2, 0.25) is 0 Å². The molecule has 15 heavy (non-hydrogen) atoms. The highest BCUT2D eigenvalue weighted by atomic mass is 79.9. The Bertz CT molecular complexity index is 161. The van der Waals surface area contributed by atoms with E-state index in [1.165, 1.54) is 57.1 Å². The molecule has 0 radical (unpaired) electrons. The first-order valence-corrected chi connectivity index (χ1v) is 7.70. The minimum atomic E-state index is 0.871. The van der Waals surface area contributed by atoms with Crippen molar-refractivity contribution in [3.8, 4) is 0 Å². The zero-order valence-electron chi connectivity index (χ0n) is 10.3. The Morgan fingerprint density at radius 1 is 1.33 bits per heavy atom. The van der Waals surface area contributed by atoms with Crippen LogP contribution in [-0.2, 0) is 0 Å². The quantitative estimate of drug-likeness (QED) is 0.637. The van der Waals surface area contributed by atoms with E-state index in [0.29, 0.717) is 0 Å². The normalized spacial score (nSPS) is 24.6. The molecule has 0 bridgehead atoms. The fraction of sp³-hybridized carbons (Fsp3) is 1.00. The molecule has 0 N–H and O–H groups in total. The first-order valence-electron chi connectivity index (χ1n) is 6.58. The fourth-order valence-electron chi connectivity index (χ4n) is 2.71. The van der Waals surface area contributed by atoms with Crippen LogP contribution >= 0.6 is 15.9 Å². The van der Waals surface area contributed by atoms with Gasteiger partial charge in [0.25, 0.3) is 0 Å². The van der Waals surface area contributed by atoms with Crippen molar-refractivity contribution in [2.24, 2.45) is 11.8 Å². The van der Waals surface area contributed by atoms with Crippen LogP contribution in [0.2, 0.25) is 0 Å². The Balaban J connectivity index is 2.21. The van der Waals surface area contributed by atoms with Gasteiger partial charge in [0.1, 0.15) is 0 Å². The zero-order chi connectivity index (χ0) is 11.1. The molecule has 90 valence electrons. The van der Waals surface area contributed by atoms with Gasteiger partial charge < -0.3 is 4.90 Å². The Labute approximate surface area is 104 Å². The Hall–Kier alpha value is 0.440. The third-order valence-electron chi connectivity index (χ3n) is 3.50. The van der Waals surface area contributed by atoms with Crippen molar-refractivity contribution in [3.05, 3.63) is 0 Å². The van der Waals surface area contributed by atoms with Gasteiger partial charge >= 0.3 is 0 Å². The SMILES string of the molecule is CCCC(CBr)CN1CCC(CCC)C1. The van der Waals surface area contributed by atoms with Crippen LogP contribution in [0.3, 0.4) is 0 Å². The zero-order valence-corrected chi connectivity index (χ0v) is 11.9. The first-order chi connectivity index (χ1) is 7.30. The molecule has 1 aliphatic heterocycles. The van der Waals surface area contributed by atoms with E-state index in [9.17, 15) is 0 Å². The average Bonchev–Trinajstić information content (AvgIpc) is 2.66. The minimum absolute atomic E-state index is 0.871. The summed E-state index contributed by atoms with van der Waals surface area (Å²) in [6, 6.07) is 0. The highest BCUT2D eigenvalue weighted by Gasteiger charge is 2.23. The standard InChI is InChI=1S/C13H26BrN/c1-3-5-12-7-8-15(10-12)11-13(9-14)6-4-2/h12-13H,3-11H2,1-2H3. The summed E-state index contributed by atoms with van der Waals surface area (Å²) >= 11 is 3.64. The van der Waals surface area contributed by atoms with E-state index >= 15 is 0 Å². The lowest BCUT2D eigenvalue weighted by Crippen LogP contribution is -2.28. The molecule has 1 saturated heterocycles. The molecule has 1 nitrogen and oxygen atoms in total. The summed E-state index contributed by atoms with van der Waals surface area (Å²) in [6.07, 6.45) is 6.93. The van der Waals surface area contributed by atoms with Gasteiger partial charge in [-0.15, -0.1) is 0 Å². The lowest BCUT2D eigenvalue weighted by Gasteiger charge is -2.22. The van der Waals surface area contributed by atoms with Crippen molar-refractivity contribution in [1.29, 1.82) is 0 Å². The summed E-state index contributed by atoms with van der Waals surface area (Å²) in [6.45, 7) is 8.62. The molecule has 2 unspecified atom stereocenters. The summed E-state index contributed by atoms with van der Waals surface area (Å²) in [7, 11) is 0. The van der Waals surface area contributed by atoms with Crippen molar-refractivity contribution < 1.29 is 0 Å². The lowest BCUT2D eigenvalue weighted by atomic mass is 10.0. The van der Waals surface area contributed by atoms with Gasteiger partial charge in [-0.25, -0.2) is 0 Å². The van der Waals surface area contributed by atoms with Crippen LogP contribution in [0.4, 0.5) is 0 Å². The van der Waals surface area contributed by atoms with E-state index in [1.807, 2.05) is 0 Å². The van der Waals surface area contributed by atoms with Gasteiger partial charge in [-0.3, -0.25) is 0 Å². The molecular weight excluding hydrogens is 250 g/mol. The summed E-state index contributed by atoms with van der Waals surface area (Å²) in [5, 5.41) is 1.18. The molecule has 0 aromatic carbocycles. The predicted octanol–water partition coefficient (Wildman–Crippen LogP) is 3.92. The molecule has 2 heteroatoms.